The van der Waals surface area contributed by atoms with E-state index in [1.54, 1.807) is 7.11 Å². The molecule has 2 aromatic rings. The van der Waals surface area contributed by atoms with Crippen molar-refractivity contribution in [3.63, 3.8) is 0 Å². The second-order valence-corrected chi connectivity index (χ2v) is 7.63. The Bertz CT molecular complexity index is 712. The standard InChI is InChI=1S/C22H31NO3/c1-15(2)18(13-20(23)22-14-26-22)11-16-7-8-17-5-4-6-21(19(17)12-16)25-10-9-24-3/h4-8,12,15,18,20,22H,9-11,13-14,23H2,1-3H3. The quantitative estimate of drug-likeness (QED) is 0.519. The number of rotatable bonds is 10. The fourth-order valence-electron chi connectivity index (χ4n) is 3.48. The first-order valence-electron chi connectivity index (χ1n) is 9.59. The summed E-state index contributed by atoms with van der Waals surface area (Å²) in [5.41, 5.74) is 7.63. The third-order valence-corrected chi connectivity index (χ3v) is 5.30. The van der Waals surface area contributed by atoms with Gasteiger partial charge in [-0.1, -0.05) is 38.1 Å². The van der Waals surface area contributed by atoms with E-state index in [1.165, 1.54) is 16.3 Å². The van der Waals surface area contributed by atoms with Gasteiger partial charge < -0.3 is 19.9 Å². The summed E-state index contributed by atoms with van der Waals surface area (Å²) in [6, 6.07) is 13.0. The van der Waals surface area contributed by atoms with Gasteiger partial charge in [0, 0.05) is 18.5 Å². The van der Waals surface area contributed by atoms with Gasteiger partial charge in [-0.05, 0) is 47.8 Å². The van der Waals surface area contributed by atoms with Crippen LogP contribution < -0.4 is 10.5 Å². The van der Waals surface area contributed by atoms with Crippen molar-refractivity contribution in [1.29, 1.82) is 0 Å². The Morgan fingerprint density at radius 2 is 2.00 bits per heavy atom. The highest BCUT2D eigenvalue weighted by Crippen LogP contribution is 2.30. The molecule has 1 aliphatic heterocycles. The summed E-state index contributed by atoms with van der Waals surface area (Å²) in [6.07, 6.45) is 2.31. The van der Waals surface area contributed by atoms with E-state index in [0.29, 0.717) is 25.0 Å². The second-order valence-electron chi connectivity index (χ2n) is 7.63. The number of methoxy groups -OCH3 is 1. The lowest BCUT2D eigenvalue weighted by atomic mass is 9.83. The predicted molar refractivity (Wildman–Crippen MR) is 106 cm³/mol. The number of benzene rings is 2. The van der Waals surface area contributed by atoms with Crippen molar-refractivity contribution in [1.82, 2.24) is 0 Å². The molecule has 1 heterocycles. The number of ether oxygens (including phenoxy) is 3. The molecule has 0 saturated carbocycles. The van der Waals surface area contributed by atoms with E-state index < -0.39 is 0 Å². The molecule has 0 bridgehead atoms. The van der Waals surface area contributed by atoms with E-state index in [-0.39, 0.29) is 12.1 Å². The Morgan fingerprint density at radius 3 is 2.69 bits per heavy atom. The minimum Gasteiger partial charge on any atom is -0.491 e. The molecule has 2 aromatic carbocycles. The number of nitrogens with two attached hydrogens (primary N) is 1. The van der Waals surface area contributed by atoms with Gasteiger partial charge in [-0.25, -0.2) is 0 Å². The van der Waals surface area contributed by atoms with Crippen LogP contribution in [-0.2, 0) is 15.9 Å². The van der Waals surface area contributed by atoms with Crippen molar-refractivity contribution in [2.24, 2.45) is 17.6 Å². The van der Waals surface area contributed by atoms with Crippen LogP contribution in [0.3, 0.4) is 0 Å². The molecule has 0 radical (unpaired) electrons. The molecule has 0 aromatic heterocycles. The van der Waals surface area contributed by atoms with E-state index in [0.717, 1.165) is 25.2 Å². The Morgan fingerprint density at radius 1 is 1.19 bits per heavy atom. The molecule has 0 spiro atoms. The van der Waals surface area contributed by atoms with Crippen LogP contribution in [0.4, 0.5) is 0 Å². The molecule has 3 unspecified atom stereocenters. The lowest BCUT2D eigenvalue weighted by Gasteiger charge is -2.24. The van der Waals surface area contributed by atoms with Crippen LogP contribution in [0.15, 0.2) is 36.4 Å². The van der Waals surface area contributed by atoms with E-state index in [9.17, 15) is 0 Å². The summed E-state index contributed by atoms with van der Waals surface area (Å²) in [7, 11) is 1.69. The first-order valence-corrected chi connectivity index (χ1v) is 9.59. The zero-order valence-electron chi connectivity index (χ0n) is 16.1. The summed E-state index contributed by atoms with van der Waals surface area (Å²) in [4.78, 5) is 0. The zero-order valence-corrected chi connectivity index (χ0v) is 16.1. The van der Waals surface area contributed by atoms with Gasteiger partial charge in [0.05, 0.1) is 19.3 Å². The Labute approximate surface area is 156 Å². The van der Waals surface area contributed by atoms with Gasteiger partial charge in [0.25, 0.3) is 0 Å². The highest BCUT2D eigenvalue weighted by molar-refractivity contribution is 5.88. The van der Waals surface area contributed by atoms with Crippen LogP contribution in [0.25, 0.3) is 10.8 Å². The molecule has 0 aliphatic carbocycles. The molecule has 2 N–H and O–H groups in total. The summed E-state index contributed by atoms with van der Waals surface area (Å²) < 4.78 is 16.4. The lowest BCUT2D eigenvalue weighted by Crippen LogP contribution is -2.31. The number of epoxide rings is 1. The van der Waals surface area contributed by atoms with Crippen LogP contribution in [0.2, 0.25) is 0 Å². The number of hydrogen-bond donors (Lipinski definition) is 1. The van der Waals surface area contributed by atoms with Crippen LogP contribution in [0.5, 0.6) is 5.75 Å². The Kier molecular flexibility index (Phi) is 6.52. The molecule has 4 nitrogen and oxygen atoms in total. The summed E-state index contributed by atoms with van der Waals surface area (Å²) in [5, 5.41) is 2.37. The van der Waals surface area contributed by atoms with Crippen molar-refractivity contribution in [3.05, 3.63) is 42.0 Å². The fourth-order valence-corrected chi connectivity index (χ4v) is 3.48. The molecule has 3 rings (SSSR count). The monoisotopic (exact) mass is 357 g/mol. The Balaban J connectivity index is 1.76. The average molecular weight is 357 g/mol. The minimum atomic E-state index is 0.149. The van der Waals surface area contributed by atoms with Crippen LogP contribution >= 0.6 is 0 Å². The lowest BCUT2D eigenvalue weighted by molar-refractivity contribution is 0.147. The zero-order chi connectivity index (χ0) is 18.5. The molecule has 4 heteroatoms. The van der Waals surface area contributed by atoms with Gasteiger partial charge >= 0.3 is 0 Å². The van der Waals surface area contributed by atoms with Gasteiger partial charge in [-0.3, -0.25) is 0 Å². The van der Waals surface area contributed by atoms with Crippen LogP contribution in [-0.4, -0.2) is 39.1 Å². The second kappa shape index (κ2) is 8.85. The van der Waals surface area contributed by atoms with Crippen molar-refractivity contribution in [3.8, 4) is 5.75 Å². The third kappa shape index (κ3) is 4.97. The van der Waals surface area contributed by atoms with Gasteiger partial charge in [0.1, 0.15) is 12.4 Å². The van der Waals surface area contributed by atoms with Gasteiger partial charge in [-0.15, -0.1) is 0 Å². The van der Waals surface area contributed by atoms with Crippen LogP contribution in [0.1, 0.15) is 25.8 Å². The molecule has 26 heavy (non-hydrogen) atoms. The molecule has 1 aliphatic rings. The molecule has 1 fully saturated rings. The number of hydrogen-bond acceptors (Lipinski definition) is 4. The molecule has 3 atom stereocenters. The molecular formula is C22H31NO3. The SMILES string of the molecule is COCCOc1cccc2ccc(CC(CC(N)C3CO3)C(C)C)cc12. The topological polar surface area (TPSA) is 57.0 Å². The highest BCUT2D eigenvalue weighted by Gasteiger charge is 2.32. The number of fused-ring (bicyclic) bond motifs is 1. The van der Waals surface area contributed by atoms with Gasteiger partial charge in [-0.2, -0.15) is 0 Å². The van der Waals surface area contributed by atoms with Crippen molar-refractivity contribution in [2.75, 3.05) is 26.9 Å². The first kappa shape index (κ1) is 19.2. The largest absolute Gasteiger partial charge is 0.491 e. The van der Waals surface area contributed by atoms with Crippen molar-refractivity contribution >= 4 is 10.8 Å². The molecule has 142 valence electrons. The summed E-state index contributed by atoms with van der Waals surface area (Å²) >= 11 is 0. The van der Waals surface area contributed by atoms with E-state index in [1.807, 2.05) is 12.1 Å². The summed E-state index contributed by atoms with van der Waals surface area (Å²) in [5.74, 6) is 2.06. The van der Waals surface area contributed by atoms with Crippen molar-refractivity contribution in [2.45, 2.75) is 38.8 Å². The van der Waals surface area contributed by atoms with E-state index in [4.69, 9.17) is 19.9 Å². The predicted octanol–water partition coefficient (Wildman–Crippen LogP) is 3.80. The van der Waals surface area contributed by atoms with Crippen molar-refractivity contribution < 1.29 is 14.2 Å². The van der Waals surface area contributed by atoms with Crippen LogP contribution in [0, 0.1) is 11.8 Å². The Hall–Kier alpha value is -1.62. The van der Waals surface area contributed by atoms with Gasteiger partial charge in [0.15, 0.2) is 0 Å². The minimum absolute atomic E-state index is 0.149. The first-order chi connectivity index (χ1) is 12.6. The average Bonchev–Trinajstić information content (AvgIpc) is 3.46. The normalized spacial score (nSPS) is 18.9. The molecule has 0 amide bonds. The smallest absolute Gasteiger partial charge is 0.127 e. The highest BCUT2D eigenvalue weighted by atomic mass is 16.6. The maximum Gasteiger partial charge on any atom is 0.127 e. The van der Waals surface area contributed by atoms with E-state index in [2.05, 4.69) is 38.1 Å². The van der Waals surface area contributed by atoms with Gasteiger partial charge in [0.2, 0.25) is 0 Å². The summed E-state index contributed by atoms with van der Waals surface area (Å²) in [6.45, 7) is 6.54. The van der Waals surface area contributed by atoms with E-state index >= 15 is 0 Å². The molecule has 1 saturated heterocycles. The maximum atomic E-state index is 6.30. The fraction of sp³-hybridized carbons (Fsp3) is 0.545. The maximum absolute atomic E-state index is 6.30. The molecular weight excluding hydrogens is 326 g/mol. The third-order valence-electron chi connectivity index (χ3n) is 5.30.